The zero-order valence-corrected chi connectivity index (χ0v) is 12.8. The van der Waals surface area contributed by atoms with Crippen molar-refractivity contribution in [1.29, 1.82) is 0 Å². The molecule has 0 spiro atoms. The lowest BCUT2D eigenvalue weighted by Gasteiger charge is -2.23. The van der Waals surface area contributed by atoms with Gasteiger partial charge in [-0.25, -0.2) is 4.79 Å². The minimum atomic E-state index is -0.411. The summed E-state index contributed by atoms with van der Waals surface area (Å²) in [5.74, 6) is -0.219. The number of esters is 1. The Morgan fingerprint density at radius 2 is 1.77 bits per heavy atom. The zero-order chi connectivity index (χ0) is 15.4. The van der Waals surface area contributed by atoms with Gasteiger partial charge in [-0.3, -0.25) is 4.79 Å². The van der Waals surface area contributed by atoms with Crippen LogP contribution in [0.5, 0.6) is 0 Å². The lowest BCUT2D eigenvalue weighted by molar-refractivity contribution is -0.120. The molecule has 0 aliphatic carbocycles. The van der Waals surface area contributed by atoms with Crippen molar-refractivity contribution in [2.75, 3.05) is 0 Å². The van der Waals surface area contributed by atoms with E-state index in [1.807, 2.05) is 48.5 Å². The number of Topliss-reactive ketones (excluding diaryl/α,β-unsaturated/α-hetero) is 1. The molecular weight excluding hydrogens is 296 g/mol. The molecule has 3 nitrogen and oxygen atoms in total. The van der Waals surface area contributed by atoms with E-state index in [2.05, 4.69) is 0 Å². The number of rotatable bonds is 5. The number of thioether (sulfide) groups is 1. The topological polar surface area (TPSA) is 43.4 Å². The summed E-state index contributed by atoms with van der Waals surface area (Å²) in [4.78, 5) is 24.9. The molecule has 1 atom stereocenters. The number of cyclic esters (lactones) is 1. The van der Waals surface area contributed by atoms with Crippen molar-refractivity contribution in [1.82, 2.24) is 0 Å². The quantitative estimate of drug-likeness (QED) is 0.786. The monoisotopic (exact) mass is 312 g/mol. The Morgan fingerprint density at radius 1 is 1.05 bits per heavy atom. The second-order valence-electron chi connectivity index (χ2n) is 5.18. The van der Waals surface area contributed by atoms with Gasteiger partial charge in [0.25, 0.3) is 0 Å². The molecule has 0 saturated heterocycles. The van der Waals surface area contributed by atoms with Crippen LogP contribution in [0.3, 0.4) is 0 Å². The van der Waals surface area contributed by atoms with Crippen LogP contribution in [-0.2, 0) is 16.0 Å². The first-order valence-corrected chi connectivity index (χ1v) is 8.12. The van der Waals surface area contributed by atoms with E-state index in [0.717, 1.165) is 16.9 Å². The molecule has 1 aliphatic rings. The molecule has 112 valence electrons. The molecule has 0 amide bonds. The van der Waals surface area contributed by atoms with Gasteiger partial charge in [-0.1, -0.05) is 54.2 Å². The average molecular weight is 312 g/mol. The fourth-order valence-corrected chi connectivity index (χ4v) is 3.51. The van der Waals surface area contributed by atoms with Crippen molar-refractivity contribution < 1.29 is 14.3 Å². The van der Waals surface area contributed by atoms with E-state index in [1.54, 1.807) is 6.07 Å². The number of fused-ring (bicyclic) bond motifs is 1. The average Bonchev–Trinajstić information content (AvgIpc) is 2.54. The van der Waals surface area contributed by atoms with Gasteiger partial charge >= 0.3 is 5.97 Å². The van der Waals surface area contributed by atoms with Gasteiger partial charge in [-0.15, -0.1) is 0 Å². The van der Waals surface area contributed by atoms with Gasteiger partial charge in [-0.2, -0.15) is 0 Å². The molecule has 0 radical (unpaired) electrons. The third-order valence-electron chi connectivity index (χ3n) is 3.53. The third kappa shape index (κ3) is 3.57. The van der Waals surface area contributed by atoms with Crippen LogP contribution >= 0.6 is 11.8 Å². The minimum absolute atomic E-state index is 0.119. The number of carbonyl (C=O) groups is 2. The summed E-state index contributed by atoms with van der Waals surface area (Å²) < 4.78 is 5.34. The molecule has 0 saturated carbocycles. The summed E-state index contributed by atoms with van der Waals surface area (Å²) in [5.41, 5.74) is 1.32. The molecule has 0 aromatic heterocycles. The maximum Gasteiger partial charge on any atom is 0.340 e. The van der Waals surface area contributed by atoms with Gasteiger partial charge in [0.1, 0.15) is 5.78 Å². The van der Waals surface area contributed by atoms with Crippen LogP contribution in [0.15, 0.2) is 59.5 Å². The van der Waals surface area contributed by atoms with Gasteiger partial charge in [0, 0.05) is 11.3 Å². The predicted octanol–water partition coefficient (Wildman–Crippen LogP) is 3.87. The summed E-state index contributed by atoms with van der Waals surface area (Å²) in [6, 6.07) is 17.3. The number of benzene rings is 2. The van der Waals surface area contributed by atoms with Gasteiger partial charge in [0.05, 0.1) is 12.0 Å². The van der Waals surface area contributed by atoms with Crippen molar-refractivity contribution in [3.05, 3.63) is 65.7 Å². The van der Waals surface area contributed by atoms with Crippen LogP contribution in [0.25, 0.3) is 0 Å². The summed E-state index contributed by atoms with van der Waals surface area (Å²) in [7, 11) is 0. The molecular formula is C18H16O3S. The summed E-state index contributed by atoms with van der Waals surface area (Å²) in [6.07, 6.45) is 1.46. The van der Waals surface area contributed by atoms with E-state index in [0.29, 0.717) is 12.0 Å². The smallest absolute Gasteiger partial charge is 0.340 e. The van der Waals surface area contributed by atoms with E-state index in [1.165, 1.54) is 11.8 Å². The molecule has 4 heteroatoms. The van der Waals surface area contributed by atoms with Gasteiger partial charge in [-0.05, 0) is 24.1 Å². The van der Waals surface area contributed by atoms with E-state index in [-0.39, 0.29) is 18.2 Å². The summed E-state index contributed by atoms with van der Waals surface area (Å²) in [5, 5.41) is 0. The van der Waals surface area contributed by atoms with Crippen molar-refractivity contribution in [3.8, 4) is 0 Å². The Kier molecular flexibility index (Phi) is 4.59. The number of carbonyl (C=O) groups excluding carboxylic acids is 2. The van der Waals surface area contributed by atoms with Crippen molar-refractivity contribution in [3.63, 3.8) is 0 Å². The molecule has 1 aliphatic heterocycles. The Balaban J connectivity index is 1.56. The molecule has 2 aromatic carbocycles. The maximum atomic E-state index is 12.1. The Morgan fingerprint density at radius 3 is 2.59 bits per heavy atom. The molecule has 0 fully saturated rings. The summed E-state index contributed by atoms with van der Waals surface area (Å²) >= 11 is 1.45. The highest BCUT2D eigenvalue weighted by molar-refractivity contribution is 8.00. The molecule has 0 bridgehead atoms. The Labute approximate surface area is 133 Å². The largest absolute Gasteiger partial charge is 0.447 e. The van der Waals surface area contributed by atoms with Crippen molar-refractivity contribution in [2.45, 2.75) is 29.6 Å². The second kappa shape index (κ2) is 6.79. The molecule has 3 rings (SSSR count). The lowest BCUT2D eigenvalue weighted by atomic mass is 10.1. The third-order valence-corrected chi connectivity index (χ3v) is 4.67. The van der Waals surface area contributed by atoms with Crippen LogP contribution in [0.4, 0.5) is 0 Å². The van der Waals surface area contributed by atoms with Crippen molar-refractivity contribution >= 4 is 23.5 Å². The standard InChI is InChI=1S/C18H16O3S/c19-14(11-10-13-6-2-1-3-7-13)12-17-21-18(20)15-8-4-5-9-16(15)22-17/h1-9,17H,10-12H2. The van der Waals surface area contributed by atoms with Crippen LogP contribution in [0.2, 0.25) is 0 Å². The van der Waals surface area contributed by atoms with E-state index in [4.69, 9.17) is 4.74 Å². The normalized spacial score (nSPS) is 16.7. The van der Waals surface area contributed by atoms with Gasteiger partial charge in [0.15, 0.2) is 5.44 Å². The van der Waals surface area contributed by atoms with Gasteiger partial charge < -0.3 is 4.74 Å². The number of aryl methyl sites for hydroxylation is 1. The van der Waals surface area contributed by atoms with Crippen LogP contribution in [-0.4, -0.2) is 17.2 Å². The fraction of sp³-hybridized carbons (Fsp3) is 0.222. The zero-order valence-electron chi connectivity index (χ0n) is 12.0. The van der Waals surface area contributed by atoms with Crippen LogP contribution < -0.4 is 0 Å². The second-order valence-corrected chi connectivity index (χ2v) is 6.38. The van der Waals surface area contributed by atoms with Crippen molar-refractivity contribution in [2.24, 2.45) is 0 Å². The first-order chi connectivity index (χ1) is 10.7. The predicted molar refractivity (Wildman–Crippen MR) is 85.9 cm³/mol. The van der Waals surface area contributed by atoms with E-state index < -0.39 is 5.44 Å². The number of hydrogen-bond donors (Lipinski definition) is 0. The van der Waals surface area contributed by atoms with Crippen LogP contribution in [0.1, 0.15) is 28.8 Å². The summed E-state index contributed by atoms with van der Waals surface area (Å²) in [6.45, 7) is 0. The number of ketones is 1. The molecule has 1 heterocycles. The maximum absolute atomic E-state index is 12.1. The molecule has 2 aromatic rings. The highest BCUT2D eigenvalue weighted by Gasteiger charge is 2.28. The molecule has 0 N–H and O–H groups in total. The SMILES string of the molecule is O=C(CCc1ccccc1)CC1OC(=O)c2ccccc2S1. The fourth-order valence-electron chi connectivity index (χ4n) is 2.39. The minimum Gasteiger partial charge on any atom is -0.447 e. The van der Waals surface area contributed by atoms with E-state index in [9.17, 15) is 9.59 Å². The molecule has 1 unspecified atom stereocenters. The van der Waals surface area contributed by atoms with Crippen LogP contribution in [0, 0.1) is 0 Å². The van der Waals surface area contributed by atoms with E-state index >= 15 is 0 Å². The number of ether oxygens (including phenoxy) is 1. The Bertz CT molecular complexity index is 682. The Hall–Kier alpha value is -2.07. The first-order valence-electron chi connectivity index (χ1n) is 7.24. The van der Waals surface area contributed by atoms with Gasteiger partial charge in [0.2, 0.25) is 0 Å². The first kappa shape index (κ1) is 14.9. The lowest BCUT2D eigenvalue weighted by Crippen LogP contribution is -2.23. The highest BCUT2D eigenvalue weighted by atomic mass is 32.2. The number of hydrogen-bond acceptors (Lipinski definition) is 4. The molecule has 22 heavy (non-hydrogen) atoms. The highest BCUT2D eigenvalue weighted by Crippen LogP contribution is 2.35.